The van der Waals surface area contributed by atoms with Crippen LogP contribution in [0, 0.1) is 12.8 Å². The summed E-state index contributed by atoms with van der Waals surface area (Å²) in [5, 5.41) is 6.88. The van der Waals surface area contributed by atoms with Crippen LogP contribution in [0.15, 0.2) is 21.5 Å². The zero-order valence-corrected chi connectivity index (χ0v) is 18.1. The SMILES string of the molecule is CN=C(NCCCOCC1CCOCC1)NCC(c1ccc(C)o1)N1CCCC1. The summed E-state index contributed by atoms with van der Waals surface area (Å²) in [6.07, 6.45) is 5.75. The lowest BCUT2D eigenvalue weighted by Gasteiger charge is -2.26. The van der Waals surface area contributed by atoms with Gasteiger partial charge in [0.1, 0.15) is 11.5 Å². The number of nitrogens with zero attached hydrogens (tertiary/aromatic N) is 2. The molecule has 1 unspecified atom stereocenters. The average Bonchev–Trinajstić information content (AvgIpc) is 3.42. The Morgan fingerprint density at radius 1 is 1.24 bits per heavy atom. The number of nitrogens with one attached hydrogen (secondary N) is 2. The Morgan fingerprint density at radius 3 is 2.72 bits per heavy atom. The summed E-state index contributed by atoms with van der Waals surface area (Å²) in [6, 6.07) is 4.39. The third-order valence-electron chi connectivity index (χ3n) is 5.81. The van der Waals surface area contributed by atoms with Gasteiger partial charge in [-0.15, -0.1) is 0 Å². The number of guanidine groups is 1. The molecule has 2 aliphatic heterocycles. The number of hydrogen-bond acceptors (Lipinski definition) is 5. The fourth-order valence-electron chi connectivity index (χ4n) is 4.05. The summed E-state index contributed by atoms with van der Waals surface area (Å²) in [7, 11) is 1.82. The fourth-order valence-corrected chi connectivity index (χ4v) is 4.05. The lowest BCUT2D eigenvalue weighted by atomic mass is 10.0. The molecule has 1 aromatic heterocycles. The molecule has 2 N–H and O–H groups in total. The molecule has 3 heterocycles. The van der Waals surface area contributed by atoms with Gasteiger partial charge in [-0.25, -0.2) is 0 Å². The van der Waals surface area contributed by atoms with E-state index in [0.29, 0.717) is 5.92 Å². The average molecular weight is 407 g/mol. The van der Waals surface area contributed by atoms with Crippen LogP contribution in [0.2, 0.25) is 0 Å². The summed E-state index contributed by atoms with van der Waals surface area (Å²) in [4.78, 5) is 6.87. The number of furan rings is 1. The van der Waals surface area contributed by atoms with Crippen molar-refractivity contribution in [3.05, 3.63) is 23.7 Å². The van der Waals surface area contributed by atoms with Crippen molar-refractivity contribution >= 4 is 5.96 Å². The van der Waals surface area contributed by atoms with Crippen molar-refractivity contribution in [2.45, 2.75) is 45.1 Å². The van der Waals surface area contributed by atoms with Gasteiger partial charge in [0, 0.05) is 46.6 Å². The Labute approximate surface area is 175 Å². The van der Waals surface area contributed by atoms with E-state index in [9.17, 15) is 0 Å². The van der Waals surface area contributed by atoms with E-state index in [1.54, 1.807) is 0 Å². The lowest BCUT2D eigenvalue weighted by molar-refractivity contribution is 0.0203. The van der Waals surface area contributed by atoms with Gasteiger partial charge in [-0.1, -0.05) is 0 Å². The molecule has 3 rings (SSSR count). The van der Waals surface area contributed by atoms with Crippen molar-refractivity contribution in [2.75, 3.05) is 59.7 Å². The Bertz CT molecular complexity index is 607. The maximum Gasteiger partial charge on any atom is 0.191 e. The molecule has 7 nitrogen and oxygen atoms in total. The highest BCUT2D eigenvalue weighted by Crippen LogP contribution is 2.26. The smallest absolute Gasteiger partial charge is 0.191 e. The fraction of sp³-hybridized carbons (Fsp3) is 0.773. The van der Waals surface area contributed by atoms with E-state index in [4.69, 9.17) is 13.9 Å². The quantitative estimate of drug-likeness (QED) is 0.354. The maximum atomic E-state index is 5.93. The van der Waals surface area contributed by atoms with Crippen molar-refractivity contribution in [2.24, 2.45) is 10.9 Å². The van der Waals surface area contributed by atoms with E-state index in [1.165, 1.54) is 12.8 Å². The Morgan fingerprint density at radius 2 is 2.03 bits per heavy atom. The topological polar surface area (TPSA) is 71.3 Å². The van der Waals surface area contributed by atoms with E-state index in [1.807, 2.05) is 20.0 Å². The Kier molecular flexibility index (Phi) is 9.31. The van der Waals surface area contributed by atoms with Crippen LogP contribution in [0.1, 0.15) is 49.7 Å². The van der Waals surface area contributed by atoms with Crippen LogP contribution in [0.3, 0.4) is 0 Å². The standard InChI is InChI=1S/C22H38N4O3/c1-18-6-7-21(29-18)20(26-11-3-4-12-26)16-25-22(23-2)24-10-5-13-28-17-19-8-14-27-15-9-19/h6-7,19-20H,3-5,8-17H2,1-2H3,(H2,23,24,25). The molecule has 29 heavy (non-hydrogen) atoms. The molecule has 0 amide bonds. The van der Waals surface area contributed by atoms with Crippen molar-refractivity contribution in [3.63, 3.8) is 0 Å². The molecule has 2 aliphatic rings. The second-order valence-electron chi connectivity index (χ2n) is 8.07. The van der Waals surface area contributed by atoms with Crippen molar-refractivity contribution in [1.82, 2.24) is 15.5 Å². The summed E-state index contributed by atoms with van der Waals surface area (Å²) in [5.74, 6) is 3.50. The molecule has 0 spiro atoms. The van der Waals surface area contributed by atoms with Crippen LogP contribution in [-0.4, -0.2) is 70.5 Å². The molecule has 0 radical (unpaired) electrons. The van der Waals surface area contributed by atoms with Crippen LogP contribution in [0.5, 0.6) is 0 Å². The number of hydrogen-bond donors (Lipinski definition) is 2. The number of aliphatic imine (C=N–C) groups is 1. The molecular weight excluding hydrogens is 368 g/mol. The summed E-state index contributed by atoms with van der Waals surface area (Å²) >= 11 is 0. The lowest BCUT2D eigenvalue weighted by Crippen LogP contribution is -2.43. The first-order chi connectivity index (χ1) is 14.3. The third kappa shape index (κ3) is 7.32. The number of rotatable bonds is 10. The second kappa shape index (κ2) is 12.2. The number of likely N-dealkylation sites (tertiary alicyclic amines) is 1. The van der Waals surface area contributed by atoms with E-state index in [0.717, 1.165) is 89.3 Å². The van der Waals surface area contributed by atoms with Crippen molar-refractivity contribution in [1.29, 1.82) is 0 Å². The zero-order chi connectivity index (χ0) is 20.3. The van der Waals surface area contributed by atoms with Gasteiger partial charge in [-0.05, 0) is 70.2 Å². The van der Waals surface area contributed by atoms with Crippen molar-refractivity contribution in [3.8, 4) is 0 Å². The van der Waals surface area contributed by atoms with Gasteiger partial charge in [0.25, 0.3) is 0 Å². The molecule has 0 saturated carbocycles. The largest absolute Gasteiger partial charge is 0.465 e. The van der Waals surface area contributed by atoms with Gasteiger partial charge in [0.05, 0.1) is 6.04 Å². The van der Waals surface area contributed by atoms with Gasteiger partial charge in [0.2, 0.25) is 0 Å². The molecule has 2 fully saturated rings. The zero-order valence-electron chi connectivity index (χ0n) is 18.1. The van der Waals surface area contributed by atoms with Crippen LogP contribution in [-0.2, 0) is 9.47 Å². The van der Waals surface area contributed by atoms with Gasteiger partial charge in [-0.2, -0.15) is 0 Å². The predicted octanol–water partition coefficient (Wildman–Crippen LogP) is 2.72. The van der Waals surface area contributed by atoms with Gasteiger partial charge >= 0.3 is 0 Å². The highest BCUT2D eigenvalue weighted by molar-refractivity contribution is 5.79. The summed E-state index contributed by atoms with van der Waals surface area (Å²) in [6.45, 7) is 9.29. The van der Waals surface area contributed by atoms with Gasteiger partial charge in [-0.3, -0.25) is 9.89 Å². The first-order valence-corrected chi connectivity index (χ1v) is 11.2. The molecule has 1 aromatic rings. The molecule has 164 valence electrons. The van der Waals surface area contributed by atoms with Crippen LogP contribution < -0.4 is 10.6 Å². The van der Waals surface area contributed by atoms with Gasteiger partial charge < -0.3 is 24.5 Å². The van der Waals surface area contributed by atoms with E-state index >= 15 is 0 Å². The molecule has 0 aliphatic carbocycles. The highest BCUT2D eigenvalue weighted by Gasteiger charge is 2.26. The minimum atomic E-state index is 0.243. The highest BCUT2D eigenvalue weighted by atomic mass is 16.5. The number of ether oxygens (including phenoxy) is 2. The first-order valence-electron chi connectivity index (χ1n) is 11.2. The molecule has 0 bridgehead atoms. The molecule has 7 heteroatoms. The van der Waals surface area contributed by atoms with E-state index < -0.39 is 0 Å². The molecule has 2 saturated heterocycles. The van der Waals surface area contributed by atoms with Crippen LogP contribution in [0.4, 0.5) is 0 Å². The Balaban J connectivity index is 1.35. The normalized spacial score (nSPS) is 20.1. The summed E-state index contributed by atoms with van der Waals surface area (Å²) in [5.41, 5.74) is 0. The van der Waals surface area contributed by atoms with Crippen LogP contribution in [0.25, 0.3) is 0 Å². The van der Waals surface area contributed by atoms with E-state index in [-0.39, 0.29) is 6.04 Å². The predicted molar refractivity (Wildman–Crippen MR) is 115 cm³/mol. The third-order valence-corrected chi connectivity index (χ3v) is 5.81. The number of aryl methyl sites for hydroxylation is 1. The first kappa shape index (κ1) is 22.1. The summed E-state index contributed by atoms with van der Waals surface area (Å²) < 4.78 is 17.2. The molecular formula is C22H38N4O3. The Hall–Kier alpha value is -1.57. The second-order valence-corrected chi connectivity index (χ2v) is 8.07. The minimum absolute atomic E-state index is 0.243. The van der Waals surface area contributed by atoms with E-state index in [2.05, 4.69) is 26.6 Å². The minimum Gasteiger partial charge on any atom is -0.465 e. The van der Waals surface area contributed by atoms with Crippen molar-refractivity contribution < 1.29 is 13.9 Å². The maximum absolute atomic E-state index is 5.93. The van der Waals surface area contributed by atoms with Crippen LogP contribution >= 0.6 is 0 Å². The van der Waals surface area contributed by atoms with Gasteiger partial charge in [0.15, 0.2) is 5.96 Å². The molecule has 0 aromatic carbocycles. The molecule has 1 atom stereocenters. The monoisotopic (exact) mass is 406 g/mol.